The summed E-state index contributed by atoms with van der Waals surface area (Å²) in [5, 5.41) is 2.66. The van der Waals surface area contributed by atoms with Gasteiger partial charge in [-0.05, 0) is 155 Å². The minimum absolute atomic E-state index is 0.0189. The van der Waals surface area contributed by atoms with E-state index in [0.717, 1.165) is 69.1 Å². The summed E-state index contributed by atoms with van der Waals surface area (Å²) in [5.41, 5.74) is 0.658. The number of fused-ring (bicyclic) bond motifs is 5. The van der Waals surface area contributed by atoms with E-state index in [1.807, 2.05) is 0 Å². The predicted molar refractivity (Wildman–Crippen MR) is 240 cm³/mol. The molecule has 2 N–H and O–H groups in total. The lowest BCUT2D eigenvalue weighted by Crippen LogP contribution is -2.54. The number of ether oxygens (including phenoxy) is 1. The van der Waals surface area contributed by atoms with Gasteiger partial charge in [-0.3, -0.25) is 14.1 Å². The van der Waals surface area contributed by atoms with Gasteiger partial charge in [0.1, 0.15) is 6.10 Å². The fraction of sp³-hybridized carbons (Fsp3) is 0.840. The van der Waals surface area contributed by atoms with Crippen LogP contribution in [0.3, 0.4) is 0 Å². The van der Waals surface area contributed by atoms with Crippen LogP contribution in [0, 0.1) is 46.3 Å². The second-order valence-electron chi connectivity index (χ2n) is 19.7. The molecule has 8 heteroatoms. The van der Waals surface area contributed by atoms with E-state index in [4.69, 9.17) is 9.29 Å². The van der Waals surface area contributed by atoms with E-state index >= 15 is 0 Å². The normalized spacial score (nSPS) is 30.4. The number of unbranched alkanes of at least 4 members (excludes halogenated alkanes) is 11. The van der Waals surface area contributed by atoms with Crippen molar-refractivity contribution in [3.05, 3.63) is 36.5 Å². The van der Waals surface area contributed by atoms with Crippen LogP contribution < -0.4 is 5.32 Å². The van der Waals surface area contributed by atoms with Crippen molar-refractivity contribution in [3.63, 3.8) is 0 Å². The maximum absolute atomic E-state index is 12.9. The Morgan fingerprint density at radius 1 is 0.741 bits per heavy atom. The fourth-order valence-electron chi connectivity index (χ4n) is 12.4. The van der Waals surface area contributed by atoms with Gasteiger partial charge in [0.2, 0.25) is 5.91 Å². The zero-order valence-corrected chi connectivity index (χ0v) is 38.2. The summed E-state index contributed by atoms with van der Waals surface area (Å²) in [7, 11) is -4.07. The molecule has 0 saturated heterocycles. The average Bonchev–Trinajstić information content (AvgIpc) is 3.54. The van der Waals surface area contributed by atoms with E-state index in [9.17, 15) is 18.0 Å². The van der Waals surface area contributed by atoms with Crippen LogP contribution in [0.25, 0.3) is 0 Å². The highest BCUT2D eigenvalue weighted by Crippen LogP contribution is 2.68. The third-order valence-corrected chi connectivity index (χ3v) is 16.4. The van der Waals surface area contributed by atoms with Crippen LogP contribution in [0.5, 0.6) is 0 Å². The van der Waals surface area contributed by atoms with Crippen molar-refractivity contribution in [3.8, 4) is 0 Å². The molecular weight excluding hydrogens is 743 g/mol. The molecule has 0 spiro atoms. The standard InChI is InChI=1S/C50H85NO6S/c1-5-6-7-8-9-10-11-12-13-14-15-16-17-18-19-20-21-22-23-24-25-26-48(53)57-42-33-35-49(3)41(39-42)28-29-43-45-31-30-44(50(45,4)36-34-46(43)49)40(2)27-32-47(52)51-37-38-58(54,55)56/h11-12,14-15,17-18,40-46H,5-10,13,16,19-39H2,1-4H3,(H,51,52)(H,54,55,56)/b12-11-,15-14-,18-17-. The van der Waals surface area contributed by atoms with Gasteiger partial charge in [0, 0.05) is 19.4 Å². The summed E-state index contributed by atoms with van der Waals surface area (Å²) in [5.74, 6) is 3.43. The molecule has 0 aromatic carbocycles. The van der Waals surface area contributed by atoms with E-state index in [-0.39, 0.29) is 24.5 Å². The van der Waals surface area contributed by atoms with Crippen LogP contribution in [0.1, 0.15) is 201 Å². The molecule has 332 valence electrons. The molecule has 1 amide bonds. The highest BCUT2D eigenvalue weighted by Gasteiger charge is 2.60. The first-order chi connectivity index (χ1) is 27.9. The van der Waals surface area contributed by atoms with Crippen LogP contribution in [0.2, 0.25) is 0 Å². The van der Waals surface area contributed by atoms with Crippen molar-refractivity contribution in [2.24, 2.45) is 46.3 Å². The highest BCUT2D eigenvalue weighted by atomic mass is 32.2. The van der Waals surface area contributed by atoms with Gasteiger partial charge in [-0.15, -0.1) is 0 Å². The zero-order valence-electron chi connectivity index (χ0n) is 37.4. The summed E-state index contributed by atoms with van der Waals surface area (Å²) >= 11 is 0. The number of nitrogens with one attached hydrogen (secondary N) is 1. The molecule has 4 fully saturated rings. The maximum Gasteiger partial charge on any atom is 0.306 e. The molecule has 4 saturated carbocycles. The Morgan fingerprint density at radius 3 is 2.02 bits per heavy atom. The highest BCUT2D eigenvalue weighted by molar-refractivity contribution is 7.85. The molecule has 4 aliphatic carbocycles. The molecule has 4 rings (SSSR count). The number of hydrogen-bond acceptors (Lipinski definition) is 5. The first-order valence-corrected chi connectivity index (χ1v) is 25.8. The number of esters is 1. The van der Waals surface area contributed by atoms with Crippen molar-refractivity contribution in [1.29, 1.82) is 0 Å². The van der Waals surface area contributed by atoms with Gasteiger partial charge >= 0.3 is 5.97 Å². The molecule has 4 aliphatic rings. The van der Waals surface area contributed by atoms with E-state index in [1.54, 1.807) is 0 Å². The maximum atomic E-state index is 12.9. The van der Waals surface area contributed by atoms with Crippen molar-refractivity contribution in [1.82, 2.24) is 5.32 Å². The third-order valence-electron chi connectivity index (χ3n) is 15.7. The Balaban J connectivity index is 1.04. The van der Waals surface area contributed by atoms with E-state index in [1.165, 1.54) is 109 Å². The minimum atomic E-state index is -4.07. The fourth-order valence-corrected chi connectivity index (χ4v) is 12.8. The van der Waals surface area contributed by atoms with Gasteiger partial charge in [-0.25, -0.2) is 0 Å². The van der Waals surface area contributed by atoms with E-state index in [0.29, 0.717) is 41.4 Å². The van der Waals surface area contributed by atoms with Crippen LogP contribution in [0.15, 0.2) is 36.5 Å². The van der Waals surface area contributed by atoms with Gasteiger partial charge in [0.15, 0.2) is 0 Å². The van der Waals surface area contributed by atoms with Crippen LogP contribution in [-0.2, 0) is 24.4 Å². The number of amides is 1. The van der Waals surface area contributed by atoms with Crippen LogP contribution in [0.4, 0.5) is 0 Å². The molecule has 0 aliphatic heterocycles. The zero-order chi connectivity index (χ0) is 41.9. The summed E-state index contributed by atoms with van der Waals surface area (Å²) in [6.45, 7) is 9.67. The monoisotopic (exact) mass is 828 g/mol. The molecule has 0 aromatic heterocycles. The molecule has 0 aromatic rings. The summed E-state index contributed by atoms with van der Waals surface area (Å²) in [4.78, 5) is 25.3. The van der Waals surface area contributed by atoms with Crippen molar-refractivity contribution in [2.45, 2.75) is 207 Å². The number of carbonyl (C=O) groups excluding carboxylic acids is 2. The van der Waals surface area contributed by atoms with E-state index < -0.39 is 15.9 Å². The predicted octanol–water partition coefficient (Wildman–Crippen LogP) is 12.9. The van der Waals surface area contributed by atoms with Crippen LogP contribution in [-0.4, -0.2) is 43.2 Å². The Morgan fingerprint density at radius 2 is 1.34 bits per heavy atom. The molecule has 9 unspecified atom stereocenters. The summed E-state index contributed by atoms with van der Waals surface area (Å²) < 4.78 is 37.1. The first-order valence-electron chi connectivity index (χ1n) is 24.2. The van der Waals surface area contributed by atoms with Crippen LogP contribution >= 0.6 is 0 Å². The average molecular weight is 828 g/mol. The molecule has 0 bridgehead atoms. The number of carbonyl (C=O) groups is 2. The van der Waals surface area contributed by atoms with Crippen molar-refractivity contribution >= 4 is 22.0 Å². The van der Waals surface area contributed by atoms with E-state index in [2.05, 4.69) is 69.5 Å². The summed E-state index contributed by atoms with van der Waals surface area (Å²) in [6.07, 6.45) is 44.9. The number of allylic oxidation sites excluding steroid dienone is 6. The second-order valence-corrected chi connectivity index (χ2v) is 21.2. The molecule has 0 heterocycles. The smallest absolute Gasteiger partial charge is 0.306 e. The van der Waals surface area contributed by atoms with Gasteiger partial charge in [0.25, 0.3) is 10.1 Å². The van der Waals surface area contributed by atoms with Gasteiger partial charge in [-0.1, -0.05) is 116 Å². The van der Waals surface area contributed by atoms with Gasteiger partial charge in [-0.2, -0.15) is 8.42 Å². The van der Waals surface area contributed by atoms with Crippen molar-refractivity contribution in [2.75, 3.05) is 12.3 Å². The molecule has 9 atom stereocenters. The third kappa shape index (κ3) is 15.5. The molecular formula is C50H85NO6S. The Kier molecular flexibility index (Phi) is 21.1. The lowest BCUT2D eigenvalue weighted by Gasteiger charge is -2.61. The molecule has 58 heavy (non-hydrogen) atoms. The quantitative estimate of drug-likeness (QED) is 0.0369. The lowest BCUT2D eigenvalue weighted by atomic mass is 9.44. The second kappa shape index (κ2) is 25.1. The Bertz CT molecular complexity index is 1420. The molecule has 0 radical (unpaired) electrons. The SMILES string of the molecule is CCCCCCC/C=C\C/C=C\C/C=C\CCCCCCCCC(=O)OC1CCC2(C)C(CCC3C2CCC2(C)C(C(C)CCC(=O)NCCS(=O)(=O)O)CCC32)C1. The van der Waals surface area contributed by atoms with Gasteiger partial charge in [0.05, 0.1) is 5.75 Å². The lowest BCUT2D eigenvalue weighted by molar-refractivity contribution is -0.162. The largest absolute Gasteiger partial charge is 0.462 e. The Hall–Kier alpha value is -1.93. The van der Waals surface area contributed by atoms with Gasteiger partial charge < -0.3 is 10.1 Å². The first kappa shape index (κ1) is 48.7. The van der Waals surface area contributed by atoms with Crippen molar-refractivity contribution < 1.29 is 27.3 Å². The molecule has 7 nitrogen and oxygen atoms in total. The number of hydrogen-bond donors (Lipinski definition) is 2. The number of rotatable bonds is 27. The summed E-state index contributed by atoms with van der Waals surface area (Å²) in [6, 6.07) is 0. The topological polar surface area (TPSA) is 110 Å². The minimum Gasteiger partial charge on any atom is -0.462 e. The Labute approximate surface area is 355 Å².